The molecule has 0 N–H and O–H groups in total. The van der Waals surface area contributed by atoms with Gasteiger partial charge in [-0.2, -0.15) is 0 Å². The highest BCUT2D eigenvalue weighted by Crippen LogP contribution is 2.39. The van der Waals surface area contributed by atoms with Gasteiger partial charge in [0, 0.05) is 19.9 Å². The van der Waals surface area contributed by atoms with Crippen molar-refractivity contribution in [3.63, 3.8) is 0 Å². The fraction of sp³-hybridized carbons (Fsp3) is 0.652. The van der Waals surface area contributed by atoms with Gasteiger partial charge in [-0.1, -0.05) is 12.1 Å². The molecule has 1 aromatic carbocycles. The molecule has 4 rings (SSSR count). The van der Waals surface area contributed by atoms with E-state index in [0.29, 0.717) is 30.4 Å². The van der Waals surface area contributed by atoms with Gasteiger partial charge in [0.2, 0.25) is 5.91 Å². The van der Waals surface area contributed by atoms with E-state index >= 15 is 0 Å². The lowest BCUT2D eigenvalue weighted by Gasteiger charge is -2.49. The largest absolute Gasteiger partial charge is 0.311 e. The van der Waals surface area contributed by atoms with Crippen molar-refractivity contribution in [2.75, 3.05) is 36.0 Å². The molecule has 3 aliphatic rings. The molecular formula is C23H33FN3O2+. The first-order valence-corrected chi connectivity index (χ1v) is 11.1. The SMILES string of the molecule is CC(=O)N1c2ccccc2N(C(=O)C2CCC(F)C[N+]23CCCCCC3)CC1C. The first-order chi connectivity index (χ1) is 13.9. The Morgan fingerprint density at radius 2 is 1.69 bits per heavy atom. The number of carbonyl (C=O) groups excluding carboxylic acids is 2. The molecule has 0 saturated carbocycles. The summed E-state index contributed by atoms with van der Waals surface area (Å²) in [4.78, 5) is 29.8. The highest BCUT2D eigenvalue weighted by atomic mass is 19.1. The van der Waals surface area contributed by atoms with Crippen molar-refractivity contribution in [2.24, 2.45) is 0 Å². The highest BCUT2D eigenvalue weighted by molar-refractivity contribution is 6.05. The number of fused-ring (bicyclic) bond motifs is 1. The number of hydrogen-bond donors (Lipinski definition) is 0. The fourth-order valence-corrected chi connectivity index (χ4v) is 5.84. The van der Waals surface area contributed by atoms with Gasteiger partial charge < -0.3 is 14.3 Å². The molecule has 6 heteroatoms. The summed E-state index contributed by atoms with van der Waals surface area (Å²) in [5.74, 6) is 0.104. The van der Waals surface area contributed by atoms with Gasteiger partial charge in [0.1, 0.15) is 12.7 Å². The molecule has 0 bridgehead atoms. The number of hydrogen-bond acceptors (Lipinski definition) is 2. The second-order valence-electron chi connectivity index (χ2n) is 9.13. The number of piperidine rings is 1. The predicted molar refractivity (Wildman–Crippen MR) is 113 cm³/mol. The zero-order valence-corrected chi connectivity index (χ0v) is 17.6. The number of nitrogens with zero attached hydrogens (tertiary/aromatic N) is 3. The van der Waals surface area contributed by atoms with Crippen LogP contribution in [0, 0.1) is 0 Å². The number of quaternary nitrogens is 1. The van der Waals surface area contributed by atoms with Crippen molar-refractivity contribution in [1.29, 1.82) is 0 Å². The molecule has 158 valence electrons. The van der Waals surface area contributed by atoms with Crippen molar-refractivity contribution < 1.29 is 18.5 Å². The van der Waals surface area contributed by atoms with Crippen LogP contribution in [0.5, 0.6) is 0 Å². The van der Waals surface area contributed by atoms with E-state index in [9.17, 15) is 14.0 Å². The summed E-state index contributed by atoms with van der Waals surface area (Å²) in [5, 5.41) is 0. The summed E-state index contributed by atoms with van der Waals surface area (Å²) in [6.45, 7) is 6.34. The van der Waals surface area contributed by atoms with E-state index in [4.69, 9.17) is 0 Å². The second kappa shape index (κ2) is 8.05. The number of rotatable bonds is 1. The molecular weight excluding hydrogens is 369 g/mol. The minimum Gasteiger partial charge on any atom is -0.311 e. The van der Waals surface area contributed by atoms with Crippen LogP contribution in [0.3, 0.4) is 0 Å². The van der Waals surface area contributed by atoms with E-state index in [0.717, 1.165) is 37.3 Å². The second-order valence-corrected chi connectivity index (χ2v) is 9.13. The maximum Gasteiger partial charge on any atom is 0.285 e. The molecule has 3 unspecified atom stereocenters. The maximum absolute atomic E-state index is 14.5. The van der Waals surface area contributed by atoms with Gasteiger partial charge >= 0.3 is 0 Å². The number of para-hydroxylation sites is 2. The van der Waals surface area contributed by atoms with Crippen LogP contribution in [0.1, 0.15) is 52.4 Å². The zero-order chi connectivity index (χ0) is 20.6. The van der Waals surface area contributed by atoms with Crippen molar-refractivity contribution in [3.8, 4) is 0 Å². The van der Waals surface area contributed by atoms with Gasteiger partial charge in [-0.05, 0) is 51.2 Å². The Labute approximate surface area is 173 Å². The third-order valence-electron chi connectivity index (χ3n) is 7.14. The molecule has 3 aliphatic heterocycles. The summed E-state index contributed by atoms with van der Waals surface area (Å²) in [6, 6.07) is 7.42. The average molecular weight is 403 g/mol. The topological polar surface area (TPSA) is 40.6 Å². The summed E-state index contributed by atoms with van der Waals surface area (Å²) in [5.41, 5.74) is 1.61. The lowest BCUT2D eigenvalue weighted by molar-refractivity contribution is -0.948. The van der Waals surface area contributed by atoms with Crippen LogP contribution in [0.25, 0.3) is 0 Å². The Bertz CT molecular complexity index is 775. The molecule has 2 amide bonds. The van der Waals surface area contributed by atoms with Gasteiger partial charge in [0.25, 0.3) is 5.91 Å². The Balaban J connectivity index is 1.69. The summed E-state index contributed by atoms with van der Waals surface area (Å²) >= 11 is 0. The molecule has 29 heavy (non-hydrogen) atoms. The first kappa shape index (κ1) is 20.3. The van der Waals surface area contributed by atoms with Crippen LogP contribution in [-0.4, -0.2) is 60.7 Å². The van der Waals surface area contributed by atoms with E-state index in [1.54, 1.807) is 11.8 Å². The summed E-state index contributed by atoms with van der Waals surface area (Å²) in [6.07, 6.45) is 4.77. The van der Waals surface area contributed by atoms with Gasteiger partial charge in [0.15, 0.2) is 6.04 Å². The molecule has 2 fully saturated rings. The third-order valence-corrected chi connectivity index (χ3v) is 7.14. The van der Waals surface area contributed by atoms with Gasteiger partial charge in [-0.25, -0.2) is 4.39 Å². The van der Waals surface area contributed by atoms with Crippen molar-refractivity contribution in [2.45, 2.75) is 70.6 Å². The predicted octanol–water partition coefficient (Wildman–Crippen LogP) is 3.67. The number of halogens is 1. The standard InChI is InChI=1S/C23H33FN3O2/c1-17-15-25(20-9-5-6-10-21(20)26(17)18(2)28)23(29)22-12-11-19(24)16-27(22)13-7-3-4-8-14-27/h5-6,9-10,17,19,22H,3-4,7-8,11-16H2,1-2H3/q+1. The van der Waals surface area contributed by atoms with E-state index in [1.165, 1.54) is 12.8 Å². The Kier molecular flexibility index (Phi) is 5.65. The van der Waals surface area contributed by atoms with E-state index in [2.05, 4.69) is 0 Å². The zero-order valence-electron chi connectivity index (χ0n) is 17.6. The van der Waals surface area contributed by atoms with Crippen molar-refractivity contribution in [3.05, 3.63) is 24.3 Å². The van der Waals surface area contributed by atoms with Crippen molar-refractivity contribution >= 4 is 23.2 Å². The quantitative estimate of drug-likeness (QED) is 0.673. The Hall–Kier alpha value is -1.95. The Morgan fingerprint density at radius 3 is 2.34 bits per heavy atom. The fourth-order valence-electron chi connectivity index (χ4n) is 5.84. The first-order valence-electron chi connectivity index (χ1n) is 11.1. The van der Waals surface area contributed by atoms with Crippen LogP contribution in [0.4, 0.5) is 15.8 Å². The number of benzene rings is 1. The maximum atomic E-state index is 14.5. The Morgan fingerprint density at radius 1 is 1.03 bits per heavy atom. The van der Waals surface area contributed by atoms with Crippen LogP contribution in [-0.2, 0) is 9.59 Å². The van der Waals surface area contributed by atoms with Crippen LogP contribution in [0.15, 0.2) is 24.3 Å². The van der Waals surface area contributed by atoms with E-state index in [-0.39, 0.29) is 23.9 Å². The summed E-state index contributed by atoms with van der Waals surface area (Å²) in [7, 11) is 0. The molecule has 0 aromatic heterocycles. The van der Waals surface area contributed by atoms with E-state index in [1.807, 2.05) is 36.1 Å². The monoisotopic (exact) mass is 402 g/mol. The van der Waals surface area contributed by atoms with Gasteiger partial charge in [-0.15, -0.1) is 0 Å². The lowest BCUT2D eigenvalue weighted by Crippen LogP contribution is -2.67. The minimum absolute atomic E-state index is 0.00833. The molecule has 3 atom stereocenters. The summed E-state index contributed by atoms with van der Waals surface area (Å²) < 4.78 is 15.1. The van der Waals surface area contributed by atoms with Crippen LogP contribution < -0.4 is 9.80 Å². The number of anilines is 2. The molecule has 5 nitrogen and oxygen atoms in total. The molecule has 0 radical (unpaired) electrons. The number of alkyl halides is 1. The lowest BCUT2D eigenvalue weighted by atomic mass is 9.94. The van der Waals surface area contributed by atoms with Crippen LogP contribution in [0.2, 0.25) is 0 Å². The molecule has 0 aliphatic carbocycles. The molecule has 1 spiro atoms. The highest BCUT2D eigenvalue weighted by Gasteiger charge is 2.49. The average Bonchev–Trinajstić information content (AvgIpc) is 2.92. The van der Waals surface area contributed by atoms with Gasteiger partial charge in [0.05, 0.1) is 30.5 Å². The normalized spacial score (nSPS) is 29.3. The molecule has 3 heterocycles. The molecule has 2 saturated heterocycles. The number of amides is 2. The number of carbonyl (C=O) groups is 2. The third kappa shape index (κ3) is 3.67. The minimum atomic E-state index is -0.807. The van der Waals surface area contributed by atoms with Crippen LogP contribution >= 0.6 is 0 Å². The van der Waals surface area contributed by atoms with E-state index < -0.39 is 6.17 Å². The smallest absolute Gasteiger partial charge is 0.285 e. The van der Waals surface area contributed by atoms with Crippen molar-refractivity contribution in [1.82, 2.24) is 0 Å². The van der Waals surface area contributed by atoms with Gasteiger partial charge in [-0.3, -0.25) is 9.59 Å². The molecule has 1 aromatic rings.